The Labute approximate surface area is 156 Å². The first-order chi connectivity index (χ1) is 12.8. The molecule has 0 saturated heterocycles. The summed E-state index contributed by atoms with van der Waals surface area (Å²) in [7, 11) is 3.21. The van der Waals surface area contributed by atoms with Crippen molar-refractivity contribution in [2.45, 2.75) is 32.9 Å². The number of imidazole rings is 1. The van der Waals surface area contributed by atoms with Crippen LogP contribution >= 0.6 is 0 Å². The van der Waals surface area contributed by atoms with Gasteiger partial charge in [0, 0.05) is 14.1 Å². The molecule has 27 heavy (non-hydrogen) atoms. The number of aryl methyl sites for hydroxylation is 3. The first-order valence-electron chi connectivity index (χ1n) is 8.82. The van der Waals surface area contributed by atoms with Crippen molar-refractivity contribution in [1.29, 1.82) is 0 Å². The molecule has 0 aliphatic carbocycles. The lowest BCUT2D eigenvalue weighted by Crippen LogP contribution is -2.43. The van der Waals surface area contributed by atoms with Crippen LogP contribution in [0.3, 0.4) is 0 Å². The molecule has 2 aromatic heterocycles. The van der Waals surface area contributed by atoms with Crippen LogP contribution in [0.5, 0.6) is 0 Å². The molecule has 0 saturated carbocycles. The molecule has 3 aromatic rings. The first-order valence-corrected chi connectivity index (χ1v) is 8.82. The highest BCUT2D eigenvalue weighted by molar-refractivity contribution is 5.77. The Morgan fingerprint density at radius 3 is 2.48 bits per heavy atom. The maximum Gasteiger partial charge on any atom is 0.332 e. The molecule has 8 heteroatoms. The number of carbonyl (C=O) groups excluding carboxylic acids is 1. The molecule has 1 N–H and O–H groups in total. The number of rotatable bonds is 5. The fourth-order valence-corrected chi connectivity index (χ4v) is 3.09. The Bertz CT molecular complexity index is 1110. The highest BCUT2D eigenvalue weighted by atomic mass is 16.2. The molecule has 0 fully saturated rings. The van der Waals surface area contributed by atoms with Gasteiger partial charge in [0.05, 0.1) is 12.4 Å². The second-order valence-electron chi connectivity index (χ2n) is 6.64. The standard InChI is InChI=1S/C19H23N5O3/c1-5-13-6-8-14(9-7-13)12(2)21-15(25)10-24-18(26)16-17(20-11-22(16)3)23(4)19(24)27/h6-9,11-12H,5,10H2,1-4H3,(H,21,25)/t12-/m0/s1. The molecule has 2 heterocycles. The van der Waals surface area contributed by atoms with Crippen molar-refractivity contribution in [3.63, 3.8) is 0 Å². The van der Waals surface area contributed by atoms with Crippen LogP contribution in [0.15, 0.2) is 40.2 Å². The lowest BCUT2D eigenvalue weighted by atomic mass is 10.1. The number of nitrogens with zero attached hydrogens (tertiary/aromatic N) is 4. The largest absolute Gasteiger partial charge is 0.348 e. The van der Waals surface area contributed by atoms with Crippen LogP contribution in [0.1, 0.15) is 31.0 Å². The smallest absolute Gasteiger partial charge is 0.332 e. The van der Waals surface area contributed by atoms with E-state index in [2.05, 4.69) is 17.2 Å². The van der Waals surface area contributed by atoms with Crippen molar-refractivity contribution >= 4 is 17.1 Å². The molecular weight excluding hydrogens is 346 g/mol. The Morgan fingerprint density at radius 2 is 1.85 bits per heavy atom. The third kappa shape index (κ3) is 3.42. The topological polar surface area (TPSA) is 90.9 Å². The van der Waals surface area contributed by atoms with Crippen molar-refractivity contribution < 1.29 is 4.79 Å². The van der Waals surface area contributed by atoms with E-state index in [0.717, 1.165) is 16.6 Å². The van der Waals surface area contributed by atoms with Gasteiger partial charge in [0.1, 0.15) is 6.54 Å². The van der Waals surface area contributed by atoms with Gasteiger partial charge in [-0.1, -0.05) is 31.2 Å². The summed E-state index contributed by atoms with van der Waals surface area (Å²) in [5.74, 6) is -0.400. The average molecular weight is 369 g/mol. The van der Waals surface area contributed by atoms with Gasteiger partial charge in [-0.3, -0.25) is 14.2 Å². The van der Waals surface area contributed by atoms with Crippen LogP contribution in [0, 0.1) is 0 Å². The lowest BCUT2D eigenvalue weighted by Gasteiger charge is -2.15. The third-order valence-electron chi connectivity index (χ3n) is 4.77. The van der Waals surface area contributed by atoms with Crippen molar-refractivity contribution in [1.82, 2.24) is 24.0 Å². The summed E-state index contributed by atoms with van der Waals surface area (Å²) in [6.45, 7) is 3.60. The molecule has 0 aliphatic heterocycles. The third-order valence-corrected chi connectivity index (χ3v) is 4.77. The van der Waals surface area contributed by atoms with Crippen LogP contribution in [-0.4, -0.2) is 24.6 Å². The Morgan fingerprint density at radius 1 is 1.19 bits per heavy atom. The van der Waals surface area contributed by atoms with E-state index in [1.165, 1.54) is 23.5 Å². The summed E-state index contributed by atoms with van der Waals surface area (Å²) in [5.41, 5.74) is 1.67. The van der Waals surface area contributed by atoms with E-state index in [-0.39, 0.29) is 18.1 Å². The molecule has 0 bridgehead atoms. The summed E-state index contributed by atoms with van der Waals surface area (Å²) in [6.07, 6.45) is 2.42. The van der Waals surface area contributed by atoms with E-state index in [1.807, 2.05) is 31.2 Å². The van der Waals surface area contributed by atoms with E-state index >= 15 is 0 Å². The minimum absolute atomic E-state index is 0.233. The predicted octanol–water partition coefficient (Wildman–Crippen LogP) is 0.873. The maximum atomic E-state index is 12.7. The van der Waals surface area contributed by atoms with E-state index in [9.17, 15) is 14.4 Å². The SMILES string of the molecule is CCc1ccc([C@H](C)NC(=O)Cn2c(=O)c3c(ncn3C)n(C)c2=O)cc1. The second-order valence-corrected chi connectivity index (χ2v) is 6.64. The summed E-state index contributed by atoms with van der Waals surface area (Å²) >= 11 is 0. The normalized spacial score (nSPS) is 12.3. The fourth-order valence-electron chi connectivity index (χ4n) is 3.09. The predicted molar refractivity (Wildman–Crippen MR) is 103 cm³/mol. The molecule has 1 amide bonds. The molecule has 0 spiro atoms. The van der Waals surface area contributed by atoms with Gasteiger partial charge < -0.3 is 9.88 Å². The van der Waals surface area contributed by atoms with Crippen LogP contribution in [0.4, 0.5) is 0 Å². The minimum atomic E-state index is -0.568. The summed E-state index contributed by atoms with van der Waals surface area (Å²) in [5, 5.41) is 2.84. The van der Waals surface area contributed by atoms with Crippen LogP contribution in [0.2, 0.25) is 0 Å². The van der Waals surface area contributed by atoms with E-state index in [4.69, 9.17) is 0 Å². The van der Waals surface area contributed by atoms with Gasteiger partial charge in [-0.25, -0.2) is 14.3 Å². The number of benzene rings is 1. The van der Waals surface area contributed by atoms with Gasteiger partial charge in [0.2, 0.25) is 5.91 Å². The average Bonchev–Trinajstić information content (AvgIpc) is 3.05. The van der Waals surface area contributed by atoms with Gasteiger partial charge >= 0.3 is 5.69 Å². The van der Waals surface area contributed by atoms with Crippen LogP contribution < -0.4 is 16.6 Å². The maximum absolute atomic E-state index is 12.7. The number of nitrogens with one attached hydrogen (secondary N) is 1. The van der Waals surface area contributed by atoms with Crippen molar-refractivity contribution in [2.75, 3.05) is 0 Å². The molecule has 0 unspecified atom stereocenters. The fraction of sp³-hybridized carbons (Fsp3) is 0.368. The number of fused-ring (bicyclic) bond motifs is 1. The summed E-state index contributed by atoms with van der Waals surface area (Å²) < 4.78 is 3.76. The zero-order valence-electron chi connectivity index (χ0n) is 15.9. The highest BCUT2D eigenvalue weighted by Crippen LogP contribution is 2.13. The quantitative estimate of drug-likeness (QED) is 0.723. The molecular formula is C19H23N5O3. The second kappa shape index (κ2) is 7.22. The monoisotopic (exact) mass is 369 g/mol. The van der Waals surface area contributed by atoms with Crippen molar-refractivity contribution in [3.05, 3.63) is 62.6 Å². The van der Waals surface area contributed by atoms with Gasteiger partial charge in [0.25, 0.3) is 5.56 Å². The number of hydrogen-bond acceptors (Lipinski definition) is 4. The molecule has 0 aliphatic rings. The van der Waals surface area contributed by atoms with E-state index in [1.54, 1.807) is 11.6 Å². The summed E-state index contributed by atoms with van der Waals surface area (Å²) in [4.78, 5) is 41.7. The number of aromatic nitrogens is 4. The van der Waals surface area contributed by atoms with Crippen LogP contribution in [-0.2, 0) is 31.9 Å². The Kier molecular flexibility index (Phi) is 4.98. The lowest BCUT2D eigenvalue weighted by molar-refractivity contribution is -0.122. The molecule has 8 nitrogen and oxygen atoms in total. The molecule has 0 radical (unpaired) electrons. The van der Waals surface area contributed by atoms with Gasteiger partial charge in [-0.2, -0.15) is 0 Å². The summed E-state index contributed by atoms with van der Waals surface area (Å²) in [6, 6.07) is 7.75. The van der Waals surface area contributed by atoms with Crippen molar-refractivity contribution in [2.24, 2.45) is 14.1 Å². The van der Waals surface area contributed by atoms with E-state index in [0.29, 0.717) is 5.65 Å². The first kappa shape index (κ1) is 18.6. The number of amides is 1. The number of hydrogen-bond donors (Lipinski definition) is 1. The van der Waals surface area contributed by atoms with Gasteiger partial charge in [-0.05, 0) is 24.5 Å². The highest BCUT2D eigenvalue weighted by Gasteiger charge is 2.18. The van der Waals surface area contributed by atoms with Gasteiger partial charge in [0.15, 0.2) is 11.2 Å². The molecule has 142 valence electrons. The van der Waals surface area contributed by atoms with Crippen LogP contribution in [0.25, 0.3) is 11.2 Å². The molecule has 1 atom stereocenters. The van der Waals surface area contributed by atoms with Gasteiger partial charge in [-0.15, -0.1) is 0 Å². The number of carbonyl (C=O) groups is 1. The minimum Gasteiger partial charge on any atom is -0.348 e. The zero-order valence-corrected chi connectivity index (χ0v) is 15.9. The molecule has 1 aromatic carbocycles. The Hall–Kier alpha value is -3.16. The zero-order chi connectivity index (χ0) is 19.7. The molecule has 3 rings (SSSR count). The van der Waals surface area contributed by atoms with Crippen molar-refractivity contribution in [3.8, 4) is 0 Å². The van der Waals surface area contributed by atoms with E-state index < -0.39 is 17.2 Å². The Balaban J connectivity index is 1.84.